The summed E-state index contributed by atoms with van der Waals surface area (Å²) >= 11 is 0. The van der Waals surface area contributed by atoms with Crippen LogP contribution in [0, 0.1) is 0 Å². The number of nitrogens with one attached hydrogen (secondary N) is 1. The monoisotopic (exact) mass is 411 g/mol. The Kier molecular flexibility index (Phi) is 5.31. The smallest absolute Gasteiger partial charge is 0.340 e. The summed E-state index contributed by atoms with van der Waals surface area (Å²) < 4.78 is 44.1. The Balaban J connectivity index is 0.00000225. The molecule has 0 unspecified atom stereocenters. The van der Waals surface area contributed by atoms with E-state index in [1.54, 1.807) is 12.1 Å². The first kappa shape index (κ1) is 20.1. The third-order valence-corrected chi connectivity index (χ3v) is 4.61. The molecule has 10 heteroatoms. The predicted octanol–water partition coefficient (Wildman–Crippen LogP) is 4.65. The zero-order valence-electron chi connectivity index (χ0n) is 14.5. The SMILES string of the molecule is Cl.NC1(c2noc(-c3cccnc3Nc3cccc(C(F)(F)F)c3)n2)CCC1. The normalized spacial score (nSPS) is 15.4. The molecule has 2 aromatic heterocycles. The number of pyridine rings is 1. The van der Waals surface area contributed by atoms with E-state index < -0.39 is 17.3 Å². The molecule has 4 rings (SSSR count). The maximum atomic E-state index is 12.9. The van der Waals surface area contributed by atoms with E-state index in [0.717, 1.165) is 31.4 Å². The number of nitrogens with zero attached hydrogens (tertiary/aromatic N) is 3. The Bertz CT molecular complexity index is 972. The molecule has 3 N–H and O–H groups in total. The van der Waals surface area contributed by atoms with Crippen molar-refractivity contribution in [1.29, 1.82) is 0 Å². The van der Waals surface area contributed by atoms with E-state index in [9.17, 15) is 13.2 Å². The number of nitrogens with two attached hydrogens (primary N) is 1. The molecule has 0 bridgehead atoms. The minimum absolute atomic E-state index is 0. The molecule has 1 aromatic carbocycles. The molecule has 0 aliphatic heterocycles. The lowest BCUT2D eigenvalue weighted by molar-refractivity contribution is -0.137. The Morgan fingerprint density at radius 1 is 1.14 bits per heavy atom. The fourth-order valence-corrected chi connectivity index (χ4v) is 2.90. The highest BCUT2D eigenvalue weighted by molar-refractivity contribution is 5.85. The summed E-state index contributed by atoms with van der Waals surface area (Å²) in [5.41, 5.74) is 5.62. The Morgan fingerprint density at radius 2 is 1.93 bits per heavy atom. The molecule has 0 radical (unpaired) electrons. The van der Waals surface area contributed by atoms with Crippen LogP contribution in [-0.4, -0.2) is 15.1 Å². The van der Waals surface area contributed by atoms with Gasteiger partial charge in [0.05, 0.1) is 16.7 Å². The highest BCUT2D eigenvalue weighted by Gasteiger charge is 2.39. The summed E-state index contributed by atoms with van der Waals surface area (Å²) in [5, 5.41) is 6.85. The molecule has 0 atom stereocenters. The molecule has 1 fully saturated rings. The molecule has 0 saturated heterocycles. The minimum Gasteiger partial charge on any atom is -0.340 e. The lowest BCUT2D eigenvalue weighted by Crippen LogP contribution is -2.44. The van der Waals surface area contributed by atoms with Gasteiger partial charge in [0.2, 0.25) is 0 Å². The zero-order chi connectivity index (χ0) is 19.1. The molecule has 1 saturated carbocycles. The highest BCUT2D eigenvalue weighted by Crippen LogP contribution is 2.38. The van der Waals surface area contributed by atoms with Gasteiger partial charge in [-0.15, -0.1) is 12.4 Å². The quantitative estimate of drug-likeness (QED) is 0.649. The van der Waals surface area contributed by atoms with Crippen molar-refractivity contribution in [3.05, 3.63) is 54.0 Å². The van der Waals surface area contributed by atoms with Gasteiger partial charge in [-0.2, -0.15) is 18.2 Å². The molecule has 148 valence electrons. The first-order chi connectivity index (χ1) is 12.9. The first-order valence-electron chi connectivity index (χ1n) is 8.38. The van der Waals surface area contributed by atoms with Crippen molar-refractivity contribution in [3.8, 4) is 11.5 Å². The third kappa shape index (κ3) is 3.81. The minimum atomic E-state index is -4.43. The van der Waals surface area contributed by atoms with Crippen LogP contribution in [0.5, 0.6) is 0 Å². The Hall–Kier alpha value is -2.65. The summed E-state index contributed by atoms with van der Waals surface area (Å²) in [6, 6.07) is 8.25. The molecule has 6 nitrogen and oxygen atoms in total. The average Bonchev–Trinajstić information content (AvgIpc) is 3.10. The summed E-state index contributed by atoms with van der Waals surface area (Å²) in [6.45, 7) is 0. The molecule has 0 amide bonds. The van der Waals surface area contributed by atoms with E-state index in [1.807, 2.05) is 0 Å². The summed E-state index contributed by atoms with van der Waals surface area (Å²) in [4.78, 5) is 8.57. The third-order valence-electron chi connectivity index (χ3n) is 4.61. The van der Waals surface area contributed by atoms with Gasteiger partial charge in [-0.3, -0.25) is 0 Å². The van der Waals surface area contributed by atoms with Gasteiger partial charge >= 0.3 is 6.18 Å². The van der Waals surface area contributed by atoms with E-state index in [0.29, 0.717) is 17.2 Å². The average molecular weight is 412 g/mol. The van der Waals surface area contributed by atoms with Crippen molar-refractivity contribution < 1.29 is 17.7 Å². The topological polar surface area (TPSA) is 89.9 Å². The predicted molar refractivity (Wildman–Crippen MR) is 99.2 cm³/mol. The van der Waals surface area contributed by atoms with E-state index in [-0.39, 0.29) is 24.0 Å². The lowest BCUT2D eigenvalue weighted by atomic mass is 9.77. The standard InChI is InChI=1S/C18H16F3N5O.ClH/c19-18(20,21)11-4-1-5-12(10-11)24-14-13(6-2-9-23-14)15-25-16(26-27-15)17(22)7-3-8-17;/h1-2,4-6,9-10H,3,7-8,22H2,(H,23,24);1H. The fraction of sp³-hybridized carbons (Fsp3) is 0.278. The zero-order valence-corrected chi connectivity index (χ0v) is 15.3. The maximum absolute atomic E-state index is 12.9. The van der Waals surface area contributed by atoms with Crippen LogP contribution in [0.1, 0.15) is 30.7 Å². The second-order valence-electron chi connectivity index (χ2n) is 6.54. The van der Waals surface area contributed by atoms with Crippen LogP contribution in [-0.2, 0) is 11.7 Å². The molecule has 1 aliphatic carbocycles. The molecule has 0 spiro atoms. The second-order valence-corrected chi connectivity index (χ2v) is 6.54. The lowest BCUT2D eigenvalue weighted by Gasteiger charge is -2.34. The number of aromatic nitrogens is 3. The van der Waals surface area contributed by atoms with Crippen molar-refractivity contribution in [3.63, 3.8) is 0 Å². The largest absolute Gasteiger partial charge is 0.416 e. The highest BCUT2D eigenvalue weighted by atomic mass is 35.5. The van der Waals surface area contributed by atoms with E-state index in [1.165, 1.54) is 18.3 Å². The van der Waals surface area contributed by atoms with Crippen molar-refractivity contribution in [2.45, 2.75) is 31.0 Å². The maximum Gasteiger partial charge on any atom is 0.416 e. The van der Waals surface area contributed by atoms with Gasteiger partial charge in [-0.1, -0.05) is 11.2 Å². The number of halogens is 4. The molecule has 1 aliphatic rings. The van der Waals surface area contributed by atoms with Crippen molar-refractivity contribution in [2.75, 3.05) is 5.32 Å². The number of benzene rings is 1. The van der Waals surface area contributed by atoms with E-state index >= 15 is 0 Å². The Morgan fingerprint density at radius 3 is 2.61 bits per heavy atom. The van der Waals surface area contributed by atoms with Crippen LogP contribution in [0.4, 0.5) is 24.7 Å². The summed E-state index contributed by atoms with van der Waals surface area (Å²) in [7, 11) is 0. The number of anilines is 2. The number of alkyl halides is 3. The molecule has 28 heavy (non-hydrogen) atoms. The summed E-state index contributed by atoms with van der Waals surface area (Å²) in [6.07, 6.45) is -0.324. The second kappa shape index (κ2) is 7.40. The Labute approximate surface area is 164 Å². The fourth-order valence-electron chi connectivity index (χ4n) is 2.90. The van der Waals surface area contributed by atoms with Crippen LogP contribution in [0.2, 0.25) is 0 Å². The van der Waals surface area contributed by atoms with Crippen LogP contribution in [0.3, 0.4) is 0 Å². The molecular weight excluding hydrogens is 395 g/mol. The van der Waals surface area contributed by atoms with Gasteiger partial charge < -0.3 is 15.6 Å². The van der Waals surface area contributed by atoms with Crippen LogP contribution in [0.25, 0.3) is 11.5 Å². The molecule has 3 aromatic rings. The number of rotatable bonds is 4. The van der Waals surface area contributed by atoms with Crippen LogP contribution >= 0.6 is 12.4 Å². The van der Waals surface area contributed by atoms with E-state index in [4.69, 9.17) is 10.3 Å². The van der Waals surface area contributed by atoms with Crippen molar-refractivity contribution in [2.24, 2.45) is 5.73 Å². The molecular formula is C18H17ClF3N5O. The number of hydrogen-bond acceptors (Lipinski definition) is 6. The van der Waals surface area contributed by atoms with Crippen molar-refractivity contribution in [1.82, 2.24) is 15.1 Å². The summed E-state index contributed by atoms with van der Waals surface area (Å²) in [5.74, 6) is 0.952. The van der Waals surface area contributed by atoms with Gasteiger partial charge in [0.15, 0.2) is 5.82 Å². The van der Waals surface area contributed by atoms with Gasteiger partial charge in [-0.25, -0.2) is 4.98 Å². The van der Waals surface area contributed by atoms with Crippen LogP contribution in [0.15, 0.2) is 47.1 Å². The number of hydrogen-bond donors (Lipinski definition) is 2. The van der Waals surface area contributed by atoms with Gasteiger partial charge in [0.1, 0.15) is 5.82 Å². The first-order valence-corrected chi connectivity index (χ1v) is 8.38. The molecule has 2 heterocycles. The van der Waals surface area contributed by atoms with E-state index in [2.05, 4.69) is 20.4 Å². The van der Waals surface area contributed by atoms with Gasteiger partial charge in [-0.05, 0) is 49.6 Å². The van der Waals surface area contributed by atoms with Crippen molar-refractivity contribution >= 4 is 23.9 Å². The van der Waals surface area contributed by atoms with Crippen LogP contribution < -0.4 is 11.1 Å². The van der Waals surface area contributed by atoms with Gasteiger partial charge in [0, 0.05) is 11.9 Å². The van der Waals surface area contributed by atoms with Gasteiger partial charge in [0.25, 0.3) is 5.89 Å².